The number of halogens is 2. The molecule has 0 spiro atoms. The van der Waals surface area contributed by atoms with Crippen LogP contribution in [0.4, 0.5) is 0 Å². The van der Waals surface area contributed by atoms with Crippen LogP contribution in [-0.2, 0) is 0 Å². The number of hydrogen-bond acceptors (Lipinski definition) is 6. The third-order valence-electron chi connectivity index (χ3n) is 2.48. The van der Waals surface area contributed by atoms with Gasteiger partial charge in [-0.15, -0.1) is 24.8 Å². The number of rotatable bonds is 4. The van der Waals surface area contributed by atoms with E-state index in [1.807, 2.05) is 0 Å². The lowest BCUT2D eigenvalue weighted by molar-refractivity contribution is 0.0646. The largest absolute Gasteiger partial charge is 0.478 e. The molecule has 0 atom stereocenters. The highest BCUT2D eigenvalue weighted by Gasteiger charge is 2.16. The third-order valence-corrected chi connectivity index (χ3v) is 2.48. The van der Waals surface area contributed by atoms with E-state index < -0.39 is 35.3 Å². The molecule has 0 unspecified atom stereocenters. The predicted molar refractivity (Wildman–Crippen MR) is 94.4 cm³/mol. The van der Waals surface area contributed by atoms with E-state index in [-0.39, 0.29) is 41.4 Å². The van der Waals surface area contributed by atoms with Crippen LogP contribution in [0.25, 0.3) is 0 Å². The molecule has 148 valence electrons. The van der Waals surface area contributed by atoms with Crippen molar-refractivity contribution in [3.05, 3.63) is 59.2 Å². The molecule has 0 fully saturated rings. The zero-order chi connectivity index (χ0) is 18.3. The van der Waals surface area contributed by atoms with Gasteiger partial charge in [0.2, 0.25) is 0 Å². The van der Waals surface area contributed by atoms with Gasteiger partial charge in [0, 0.05) is 12.4 Å². The molecule has 0 saturated heterocycles. The van der Waals surface area contributed by atoms with Gasteiger partial charge >= 0.3 is 23.9 Å². The van der Waals surface area contributed by atoms with Crippen LogP contribution in [0.2, 0.25) is 0 Å². The van der Waals surface area contributed by atoms with Crippen LogP contribution < -0.4 is 0 Å². The fourth-order valence-electron chi connectivity index (χ4n) is 1.50. The Balaban J connectivity index is -0.000000384. The van der Waals surface area contributed by atoms with Gasteiger partial charge in [-0.3, -0.25) is 0 Å². The van der Waals surface area contributed by atoms with Gasteiger partial charge in [0.05, 0.1) is 11.1 Å². The van der Waals surface area contributed by atoms with E-state index in [9.17, 15) is 19.2 Å². The maximum atomic E-state index is 10.4. The maximum absolute atomic E-state index is 10.4. The van der Waals surface area contributed by atoms with E-state index in [1.54, 1.807) is 0 Å². The second kappa shape index (κ2) is 13.0. The van der Waals surface area contributed by atoms with Crippen LogP contribution in [0.15, 0.2) is 36.7 Å². The molecule has 13 heteroatoms. The molecule has 0 bridgehead atoms. The number of pyridine rings is 2. The average Bonchev–Trinajstić information content (AvgIpc) is 2.55. The second-order valence-corrected chi connectivity index (χ2v) is 4.02. The van der Waals surface area contributed by atoms with E-state index in [1.165, 1.54) is 36.7 Å². The van der Waals surface area contributed by atoms with Crippen molar-refractivity contribution in [2.24, 2.45) is 0 Å². The van der Waals surface area contributed by atoms with Gasteiger partial charge in [0.25, 0.3) is 0 Å². The quantitative estimate of drug-likeness (QED) is 0.546. The molecule has 2 rings (SSSR count). The van der Waals surface area contributed by atoms with Crippen LogP contribution in [0.5, 0.6) is 0 Å². The fraction of sp³-hybridized carbons (Fsp3) is 0. The first-order valence-electron chi connectivity index (χ1n) is 6.09. The molecule has 0 amide bonds. The van der Waals surface area contributed by atoms with Gasteiger partial charge in [-0.1, -0.05) is 0 Å². The van der Waals surface area contributed by atoms with Crippen LogP contribution in [0.1, 0.15) is 41.7 Å². The van der Waals surface area contributed by atoms with Gasteiger partial charge in [0.1, 0.15) is 0 Å². The summed E-state index contributed by atoms with van der Waals surface area (Å²) in [5, 5.41) is 34.0. The Kier molecular flexibility index (Phi) is 13.7. The molecule has 0 saturated carbocycles. The van der Waals surface area contributed by atoms with Gasteiger partial charge in [-0.05, 0) is 24.3 Å². The molecule has 0 radical (unpaired) electrons. The monoisotopic (exact) mass is 424 g/mol. The van der Waals surface area contributed by atoms with Crippen molar-refractivity contribution < 1.29 is 45.1 Å². The van der Waals surface area contributed by atoms with Crippen molar-refractivity contribution in [1.29, 1.82) is 0 Å². The highest BCUT2D eigenvalue weighted by molar-refractivity contribution is 6.00. The summed E-state index contributed by atoms with van der Waals surface area (Å²) in [7, 11) is 0. The van der Waals surface area contributed by atoms with Crippen molar-refractivity contribution in [3.63, 3.8) is 0 Å². The molecule has 0 aliphatic carbocycles. The van der Waals surface area contributed by atoms with E-state index in [0.29, 0.717) is 0 Å². The molecule has 0 aliphatic heterocycles. The summed E-state index contributed by atoms with van der Waals surface area (Å²) in [5.41, 5.74) is -1.48. The summed E-state index contributed by atoms with van der Waals surface area (Å²) >= 11 is 0. The van der Waals surface area contributed by atoms with Crippen molar-refractivity contribution in [2.75, 3.05) is 0 Å². The highest BCUT2D eigenvalue weighted by Crippen LogP contribution is 2.05. The molecule has 6 N–H and O–H groups in total. The molecule has 2 heterocycles. The predicted octanol–water partition coefficient (Wildman–Crippen LogP) is 0.975. The smallest absolute Gasteiger partial charge is 0.355 e. The van der Waals surface area contributed by atoms with Crippen LogP contribution in [-0.4, -0.2) is 59.7 Å². The second-order valence-electron chi connectivity index (χ2n) is 4.02. The van der Waals surface area contributed by atoms with Crippen molar-refractivity contribution >= 4 is 48.7 Å². The summed E-state index contributed by atoms with van der Waals surface area (Å²) in [6.45, 7) is 0. The fourth-order valence-corrected chi connectivity index (χ4v) is 1.50. The Morgan fingerprint density at radius 3 is 1.11 bits per heavy atom. The van der Waals surface area contributed by atoms with E-state index in [4.69, 9.17) is 20.4 Å². The Bertz CT molecular complexity index is 681. The van der Waals surface area contributed by atoms with Crippen LogP contribution in [0, 0.1) is 0 Å². The molecule has 2 aromatic rings. The van der Waals surface area contributed by atoms with Gasteiger partial charge < -0.3 is 25.9 Å². The van der Waals surface area contributed by atoms with Crippen molar-refractivity contribution in [1.82, 2.24) is 9.97 Å². The van der Waals surface area contributed by atoms with E-state index in [0.717, 1.165) is 0 Å². The average molecular weight is 425 g/mol. The van der Waals surface area contributed by atoms with Crippen LogP contribution >= 0.6 is 24.8 Å². The van der Waals surface area contributed by atoms with Gasteiger partial charge in [-0.25, -0.2) is 29.1 Å². The lowest BCUT2D eigenvalue weighted by Crippen LogP contribution is -2.09. The number of carboxylic acid groups (broad SMARTS) is 4. The zero-order valence-electron chi connectivity index (χ0n) is 13.1. The molecule has 27 heavy (non-hydrogen) atoms. The molecule has 0 aliphatic rings. The summed E-state index contributed by atoms with van der Waals surface area (Å²) in [6.07, 6.45) is 2.46. The standard InChI is InChI=1S/2C7H5NO4.2ClH.H2O/c2*9-6(10)4-2-1-3-8-5(4)7(11)12;;;/h2*1-3H,(H,9,10)(H,11,12);2*1H;1H2. The van der Waals surface area contributed by atoms with Crippen LogP contribution in [0.3, 0.4) is 0 Å². The molecule has 11 nitrogen and oxygen atoms in total. The van der Waals surface area contributed by atoms with Gasteiger partial charge in [-0.2, -0.15) is 0 Å². The lowest BCUT2D eigenvalue weighted by atomic mass is 10.2. The maximum Gasteiger partial charge on any atom is 0.355 e. The highest BCUT2D eigenvalue weighted by atomic mass is 35.5. The minimum atomic E-state index is -1.34. The zero-order valence-corrected chi connectivity index (χ0v) is 14.7. The SMILES string of the molecule is Cl.Cl.O.O=C(O)c1cccnc1C(=O)O.O=C(O)c1cccnc1C(=O)O. The number of nitrogens with zero attached hydrogens (tertiary/aromatic N) is 2. The van der Waals surface area contributed by atoms with Crippen molar-refractivity contribution in [3.8, 4) is 0 Å². The summed E-state index contributed by atoms with van der Waals surface area (Å²) in [5.74, 6) is -5.26. The molecular formula is C14H14Cl2N2O9. The third kappa shape index (κ3) is 8.09. The minimum absolute atomic E-state index is 0. The number of aromatic nitrogens is 2. The number of hydrogen-bond donors (Lipinski definition) is 4. The molecule has 0 aromatic carbocycles. The first-order valence-corrected chi connectivity index (χ1v) is 6.09. The molecule has 2 aromatic heterocycles. The topological polar surface area (TPSA) is 206 Å². The number of carboxylic acids is 4. The normalized spacial score (nSPS) is 8.30. The lowest BCUT2D eigenvalue weighted by Gasteiger charge is -1.97. The number of aromatic carboxylic acids is 4. The Morgan fingerprint density at radius 1 is 0.630 bits per heavy atom. The first-order chi connectivity index (χ1) is 11.3. The summed E-state index contributed by atoms with van der Waals surface area (Å²) in [6, 6.07) is 5.13. The summed E-state index contributed by atoms with van der Waals surface area (Å²) < 4.78 is 0. The number of carbonyl (C=O) groups is 4. The van der Waals surface area contributed by atoms with E-state index in [2.05, 4.69) is 9.97 Å². The van der Waals surface area contributed by atoms with Crippen molar-refractivity contribution in [2.45, 2.75) is 0 Å². The Morgan fingerprint density at radius 2 is 0.926 bits per heavy atom. The Labute approximate surface area is 163 Å². The first kappa shape index (κ1) is 28.5. The van der Waals surface area contributed by atoms with Gasteiger partial charge in [0.15, 0.2) is 11.4 Å². The van der Waals surface area contributed by atoms with E-state index >= 15 is 0 Å². The molecular weight excluding hydrogens is 411 g/mol. The summed E-state index contributed by atoms with van der Waals surface area (Å²) in [4.78, 5) is 48.5. The Hall–Kier alpha value is -3.28. The minimum Gasteiger partial charge on any atom is -0.478 e.